The SMILES string of the molecule is CCCCCCC(/C=C\c1ccc(Cl)c(Cl)c1)=N/NC(=O)C[N+](C)(C)C. The van der Waals surface area contributed by atoms with Gasteiger partial charge in [0, 0.05) is 0 Å². The Balaban J connectivity index is 2.79. The smallest absolute Gasteiger partial charge is 0.295 e. The average molecular weight is 399 g/mol. The van der Waals surface area contributed by atoms with E-state index in [0.717, 1.165) is 30.5 Å². The number of nitrogens with zero attached hydrogens (tertiary/aromatic N) is 2. The first kappa shape index (κ1) is 22.7. The number of unbranched alkanes of at least 4 members (excludes halogenated alkanes) is 3. The molecule has 144 valence electrons. The Kier molecular flexibility index (Phi) is 9.92. The number of hydrogen-bond acceptors (Lipinski definition) is 2. The molecular formula is C20H30Cl2N3O+. The van der Waals surface area contributed by atoms with Crippen molar-refractivity contribution < 1.29 is 9.28 Å². The number of rotatable bonds is 10. The molecule has 1 aromatic carbocycles. The summed E-state index contributed by atoms with van der Waals surface area (Å²) in [6, 6.07) is 5.48. The Morgan fingerprint density at radius 2 is 1.88 bits per heavy atom. The standard InChI is InChI=1S/C20H29Cl2N3O/c1-5-6-7-8-9-17(23-24-20(26)15-25(2,3)4)12-10-16-11-13-18(21)19(22)14-16/h10-14H,5-9,15H2,1-4H3/p+1/b12-10-,23-17-. The molecule has 0 radical (unpaired) electrons. The zero-order valence-corrected chi connectivity index (χ0v) is 17.7. The summed E-state index contributed by atoms with van der Waals surface area (Å²) in [6.07, 6.45) is 9.28. The lowest BCUT2D eigenvalue weighted by atomic mass is 10.1. The van der Waals surface area contributed by atoms with Crippen LogP contribution >= 0.6 is 23.2 Å². The van der Waals surface area contributed by atoms with Crippen LogP contribution in [0, 0.1) is 0 Å². The van der Waals surface area contributed by atoms with Crippen LogP contribution in [0.15, 0.2) is 29.4 Å². The van der Waals surface area contributed by atoms with Gasteiger partial charge in [-0.05, 0) is 36.6 Å². The number of hydrazone groups is 1. The fourth-order valence-corrected chi connectivity index (χ4v) is 2.62. The Labute approximate surface area is 167 Å². The molecule has 1 N–H and O–H groups in total. The highest BCUT2D eigenvalue weighted by Gasteiger charge is 2.13. The van der Waals surface area contributed by atoms with Crippen LogP contribution in [0.1, 0.15) is 44.6 Å². The summed E-state index contributed by atoms with van der Waals surface area (Å²) in [5.74, 6) is -0.0912. The molecule has 0 aliphatic rings. The number of nitrogens with one attached hydrogen (secondary N) is 1. The van der Waals surface area contributed by atoms with Crippen molar-refractivity contribution in [1.82, 2.24) is 5.43 Å². The minimum absolute atomic E-state index is 0.0912. The molecule has 0 aromatic heterocycles. The Morgan fingerprint density at radius 1 is 1.15 bits per heavy atom. The number of benzene rings is 1. The highest BCUT2D eigenvalue weighted by Crippen LogP contribution is 2.23. The van der Waals surface area contributed by atoms with E-state index in [2.05, 4.69) is 17.5 Å². The van der Waals surface area contributed by atoms with E-state index in [1.807, 2.05) is 45.4 Å². The quantitative estimate of drug-likeness (QED) is 0.251. The maximum Gasteiger partial charge on any atom is 0.295 e. The predicted molar refractivity (Wildman–Crippen MR) is 113 cm³/mol. The summed E-state index contributed by atoms with van der Waals surface area (Å²) in [6.45, 7) is 2.56. The molecule has 0 spiro atoms. The van der Waals surface area contributed by atoms with Crippen molar-refractivity contribution in [2.45, 2.75) is 39.0 Å². The summed E-state index contributed by atoms with van der Waals surface area (Å²) in [7, 11) is 5.91. The van der Waals surface area contributed by atoms with Crippen LogP contribution in [0.3, 0.4) is 0 Å². The molecule has 6 heteroatoms. The van der Waals surface area contributed by atoms with Crippen molar-refractivity contribution in [3.63, 3.8) is 0 Å². The van der Waals surface area contributed by atoms with Crippen molar-refractivity contribution in [2.24, 2.45) is 5.10 Å². The van der Waals surface area contributed by atoms with Crippen molar-refractivity contribution in [3.05, 3.63) is 39.9 Å². The zero-order valence-electron chi connectivity index (χ0n) is 16.2. The lowest BCUT2D eigenvalue weighted by molar-refractivity contribution is -0.862. The number of allylic oxidation sites excluding steroid dienone is 1. The monoisotopic (exact) mass is 398 g/mol. The van der Waals surface area contributed by atoms with Crippen molar-refractivity contribution in [1.29, 1.82) is 0 Å². The Morgan fingerprint density at radius 3 is 2.50 bits per heavy atom. The minimum atomic E-state index is -0.0912. The highest BCUT2D eigenvalue weighted by atomic mass is 35.5. The first-order chi connectivity index (χ1) is 12.2. The molecule has 26 heavy (non-hydrogen) atoms. The Hall–Kier alpha value is -1.36. The number of halogens is 2. The molecule has 1 rings (SSSR count). The minimum Gasteiger partial charge on any atom is -0.323 e. The van der Waals surface area contributed by atoms with E-state index < -0.39 is 0 Å². The second-order valence-corrected chi connectivity index (χ2v) is 8.22. The molecule has 1 amide bonds. The molecule has 0 unspecified atom stereocenters. The lowest BCUT2D eigenvalue weighted by Crippen LogP contribution is -2.43. The highest BCUT2D eigenvalue weighted by molar-refractivity contribution is 6.42. The van der Waals surface area contributed by atoms with Gasteiger partial charge in [0.2, 0.25) is 0 Å². The van der Waals surface area contributed by atoms with Gasteiger partial charge in [-0.15, -0.1) is 0 Å². The normalized spacial score (nSPS) is 12.6. The lowest BCUT2D eigenvalue weighted by Gasteiger charge is -2.22. The largest absolute Gasteiger partial charge is 0.323 e. The van der Waals surface area contributed by atoms with E-state index in [4.69, 9.17) is 23.2 Å². The summed E-state index contributed by atoms with van der Waals surface area (Å²) < 4.78 is 0.562. The Bertz CT molecular complexity index is 649. The van der Waals surface area contributed by atoms with Gasteiger partial charge < -0.3 is 4.48 Å². The van der Waals surface area contributed by atoms with Crippen molar-refractivity contribution >= 4 is 40.9 Å². The molecule has 0 saturated carbocycles. The van der Waals surface area contributed by atoms with Gasteiger partial charge in [0.25, 0.3) is 5.91 Å². The van der Waals surface area contributed by atoms with Gasteiger partial charge in [0.15, 0.2) is 6.54 Å². The van der Waals surface area contributed by atoms with Crippen LogP contribution in [-0.4, -0.2) is 43.8 Å². The van der Waals surface area contributed by atoms with Crippen LogP contribution in [-0.2, 0) is 4.79 Å². The van der Waals surface area contributed by atoms with Gasteiger partial charge in [0.1, 0.15) is 0 Å². The number of hydrogen-bond donors (Lipinski definition) is 1. The summed E-state index contributed by atoms with van der Waals surface area (Å²) >= 11 is 12.0. The third kappa shape index (κ3) is 9.95. The van der Waals surface area contributed by atoms with E-state index in [1.165, 1.54) is 12.8 Å². The predicted octanol–water partition coefficient (Wildman–Crippen LogP) is 5.16. The van der Waals surface area contributed by atoms with E-state index in [-0.39, 0.29) is 5.91 Å². The fourth-order valence-electron chi connectivity index (χ4n) is 2.32. The number of carbonyl (C=O) groups is 1. The van der Waals surface area contributed by atoms with Crippen LogP contribution in [0.4, 0.5) is 0 Å². The number of amides is 1. The maximum absolute atomic E-state index is 12.0. The van der Waals surface area contributed by atoms with Crippen molar-refractivity contribution in [2.75, 3.05) is 27.7 Å². The number of quaternary nitrogens is 1. The van der Waals surface area contributed by atoms with Gasteiger partial charge >= 0.3 is 0 Å². The molecule has 0 aliphatic carbocycles. The average Bonchev–Trinajstić information content (AvgIpc) is 2.54. The molecule has 0 fully saturated rings. The van der Waals surface area contributed by atoms with Crippen molar-refractivity contribution in [3.8, 4) is 0 Å². The van der Waals surface area contributed by atoms with Gasteiger partial charge in [0.05, 0.1) is 36.9 Å². The van der Waals surface area contributed by atoms with Gasteiger partial charge in [-0.25, -0.2) is 5.43 Å². The van der Waals surface area contributed by atoms with Crippen LogP contribution in [0.5, 0.6) is 0 Å². The molecule has 0 saturated heterocycles. The number of carbonyl (C=O) groups excluding carboxylic acids is 1. The van der Waals surface area contributed by atoms with E-state index in [0.29, 0.717) is 21.1 Å². The van der Waals surface area contributed by atoms with E-state index in [9.17, 15) is 4.79 Å². The molecule has 0 aliphatic heterocycles. The number of likely N-dealkylation sites (N-methyl/N-ethyl adjacent to an activating group) is 1. The summed E-state index contributed by atoms with van der Waals surface area (Å²) in [5.41, 5.74) is 4.46. The first-order valence-electron chi connectivity index (χ1n) is 9.00. The molecule has 1 aromatic rings. The van der Waals surface area contributed by atoms with Crippen LogP contribution < -0.4 is 5.43 Å². The second kappa shape index (κ2) is 11.4. The molecule has 0 heterocycles. The third-order valence-electron chi connectivity index (χ3n) is 3.64. The van der Waals surface area contributed by atoms with Gasteiger partial charge in [-0.3, -0.25) is 4.79 Å². The van der Waals surface area contributed by atoms with Crippen LogP contribution in [0.2, 0.25) is 10.0 Å². The second-order valence-electron chi connectivity index (χ2n) is 7.40. The van der Waals surface area contributed by atoms with Crippen LogP contribution in [0.25, 0.3) is 6.08 Å². The fraction of sp³-hybridized carbons (Fsp3) is 0.500. The third-order valence-corrected chi connectivity index (χ3v) is 4.38. The summed E-state index contributed by atoms with van der Waals surface area (Å²) in [4.78, 5) is 12.0. The zero-order chi connectivity index (χ0) is 19.6. The summed E-state index contributed by atoms with van der Waals surface area (Å²) in [5, 5.41) is 5.37. The molecule has 0 bridgehead atoms. The van der Waals surface area contributed by atoms with Gasteiger partial charge in [-0.2, -0.15) is 5.10 Å². The molecule has 0 atom stereocenters. The van der Waals surface area contributed by atoms with E-state index >= 15 is 0 Å². The maximum atomic E-state index is 12.0. The van der Waals surface area contributed by atoms with E-state index in [1.54, 1.807) is 6.07 Å². The van der Waals surface area contributed by atoms with Gasteiger partial charge in [-0.1, -0.05) is 61.5 Å². The molecular weight excluding hydrogens is 369 g/mol. The molecule has 4 nitrogen and oxygen atoms in total. The first-order valence-corrected chi connectivity index (χ1v) is 9.76. The topological polar surface area (TPSA) is 41.5 Å².